The Labute approximate surface area is 125 Å². The van der Waals surface area contributed by atoms with Gasteiger partial charge in [0.1, 0.15) is 10.7 Å². The number of rotatable bonds is 2. The summed E-state index contributed by atoms with van der Waals surface area (Å²) in [5.74, 6) is -0.196. The van der Waals surface area contributed by atoms with Gasteiger partial charge in [0.05, 0.1) is 5.02 Å². The molecule has 1 aliphatic rings. The summed E-state index contributed by atoms with van der Waals surface area (Å²) < 4.78 is 39.5. The van der Waals surface area contributed by atoms with E-state index in [1.54, 1.807) is 0 Å². The van der Waals surface area contributed by atoms with Gasteiger partial charge in [0.25, 0.3) is 0 Å². The topological polar surface area (TPSA) is 37.4 Å². The molecule has 0 amide bonds. The fourth-order valence-electron chi connectivity index (χ4n) is 2.03. The minimum Gasteiger partial charge on any atom is -0.207 e. The number of nitrogens with zero attached hydrogens (tertiary/aromatic N) is 1. The summed E-state index contributed by atoms with van der Waals surface area (Å²) >= 11 is 9.36. The minimum absolute atomic E-state index is 0.0474. The van der Waals surface area contributed by atoms with Gasteiger partial charge >= 0.3 is 0 Å². The largest absolute Gasteiger partial charge is 0.244 e. The molecular weight excluding hydrogens is 357 g/mol. The van der Waals surface area contributed by atoms with Gasteiger partial charge in [-0.1, -0.05) is 34.5 Å². The molecule has 0 saturated carbocycles. The number of benzene rings is 1. The van der Waals surface area contributed by atoms with Gasteiger partial charge in [0.2, 0.25) is 10.0 Å². The van der Waals surface area contributed by atoms with E-state index in [1.807, 2.05) is 0 Å². The van der Waals surface area contributed by atoms with Crippen molar-refractivity contribution in [2.45, 2.75) is 23.1 Å². The lowest BCUT2D eigenvalue weighted by atomic mass is 10.0. The molecule has 2 atom stereocenters. The summed E-state index contributed by atoms with van der Waals surface area (Å²) in [6, 6.07) is 3.38. The Morgan fingerprint density at radius 1 is 1.47 bits per heavy atom. The molecule has 1 saturated heterocycles. The highest BCUT2D eigenvalue weighted by molar-refractivity contribution is 9.09. The maximum atomic E-state index is 13.2. The average molecular weight is 371 g/mol. The third-order valence-corrected chi connectivity index (χ3v) is 6.88. The quantitative estimate of drug-likeness (QED) is 0.749. The summed E-state index contributed by atoms with van der Waals surface area (Å²) in [4.78, 5) is -0.0632. The Kier molecular flexibility index (Phi) is 4.55. The van der Waals surface area contributed by atoms with Gasteiger partial charge < -0.3 is 0 Å². The van der Waals surface area contributed by atoms with Crippen LogP contribution in [0.3, 0.4) is 0 Å². The van der Waals surface area contributed by atoms with Gasteiger partial charge in [0, 0.05) is 17.9 Å². The molecule has 1 aliphatic heterocycles. The standard InChI is InChI=1S/C12H14BrClFNO2S/c1-8-4-5-16(7-10(8)13)19(17,18)12-6-9(15)2-3-11(12)14/h2-3,6,8,10H,4-5,7H2,1H3. The molecule has 2 rings (SSSR count). The molecule has 0 bridgehead atoms. The van der Waals surface area contributed by atoms with Crippen molar-refractivity contribution in [1.29, 1.82) is 0 Å². The molecule has 1 fully saturated rings. The van der Waals surface area contributed by atoms with E-state index in [9.17, 15) is 12.8 Å². The molecule has 106 valence electrons. The van der Waals surface area contributed by atoms with Gasteiger partial charge in [-0.25, -0.2) is 12.8 Å². The zero-order valence-corrected chi connectivity index (χ0v) is 13.5. The van der Waals surface area contributed by atoms with E-state index in [1.165, 1.54) is 10.4 Å². The highest BCUT2D eigenvalue weighted by Gasteiger charge is 2.33. The number of sulfonamides is 1. The van der Waals surface area contributed by atoms with Gasteiger partial charge in [-0.3, -0.25) is 0 Å². The summed E-state index contributed by atoms with van der Waals surface area (Å²) in [6.07, 6.45) is 0.766. The molecule has 1 heterocycles. The Bertz CT molecular complexity index is 581. The normalized spacial score (nSPS) is 25.5. The van der Waals surface area contributed by atoms with Crippen LogP contribution in [0.15, 0.2) is 23.1 Å². The zero-order chi connectivity index (χ0) is 14.2. The molecule has 1 aromatic carbocycles. The van der Waals surface area contributed by atoms with Crippen molar-refractivity contribution in [3.63, 3.8) is 0 Å². The van der Waals surface area contributed by atoms with Crippen LogP contribution in [0.1, 0.15) is 13.3 Å². The smallest absolute Gasteiger partial charge is 0.207 e. The van der Waals surface area contributed by atoms with Crippen molar-refractivity contribution in [2.75, 3.05) is 13.1 Å². The Morgan fingerprint density at radius 3 is 2.79 bits per heavy atom. The summed E-state index contributed by atoms with van der Waals surface area (Å²) in [7, 11) is -3.74. The zero-order valence-electron chi connectivity index (χ0n) is 10.3. The summed E-state index contributed by atoms with van der Waals surface area (Å²) in [5.41, 5.74) is 0. The van der Waals surface area contributed by atoms with Crippen LogP contribution >= 0.6 is 27.5 Å². The van der Waals surface area contributed by atoms with E-state index >= 15 is 0 Å². The van der Waals surface area contributed by atoms with E-state index < -0.39 is 15.8 Å². The summed E-state index contributed by atoms with van der Waals surface area (Å²) in [5, 5.41) is 0.0474. The predicted octanol–water partition coefficient (Wildman–Crippen LogP) is 3.27. The Hall–Kier alpha value is -0.170. The highest BCUT2D eigenvalue weighted by Crippen LogP contribution is 2.30. The van der Waals surface area contributed by atoms with Crippen LogP contribution in [-0.4, -0.2) is 30.6 Å². The second-order valence-electron chi connectivity index (χ2n) is 4.72. The monoisotopic (exact) mass is 369 g/mol. The first kappa shape index (κ1) is 15.2. The van der Waals surface area contributed by atoms with Crippen molar-refractivity contribution in [2.24, 2.45) is 5.92 Å². The summed E-state index contributed by atoms with van der Waals surface area (Å²) in [6.45, 7) is 2.87. The number of alkyl halides is 1. The Morgan fingerprint density at radius 2 is 2.16 bits per heavy atom. The van der Waals surface area contributed by atoms with E-state index in [2.05, 4.69) is 22.9 Å². The fourth-order valence-corrected chi connectivity index (χ4v) is 4.80. The van der Waals surface area contributed by atoms with Crippen LogP contribution in [0.5, 0.6) is 0 Å². The molecule has 0 aliphatic carbocycles. The molecule has 7 heteroatoms. The lowest BCUT2D eigenvalue weighted by Crippen LogP contribution is -2.43. The van der Waals surface area contributed by atoms with Gasteiger partial charge in [0.15, 0.2) is 0 Å². The first-order valence-corrected chi connectivity index (χ1v) is 8.65. The van der Waals surface area contributed by atoms with Crippen molar-refractivity contribution < 1.29 is 12.8 Å². The molecule has 2 unspecified atom stereocenters. The molecular formula is C12H14BrClFNO2S. The average Bonchev–Trinajstić information content (AvgIpc) is 2.35. The van der Waals surface area contributed by atoms with Crippen LogP contribution in [0, 0.1) is 11.7 Å². The van der Waals surface area contributed by atoms with Crippen LogP contribution in [-0.2, 0) is 10.0 Å². The van der Waals surface area contributed by atoms with Gasteiger partial charge in [-0.15, -0.1) is 0 Å². The van der Waals surface area contributed by atoms with Crippen molar-refractivity contribution >= 4 is 37.6 Å². The van der Waals surface area contributed by atoms with E-state index in [4.69, 9.17) is 11.6 Å². The molecule has 19 heavy (non-hydrogen) atoms. The van der Waals surface area contributed by atoms with Gasteiger partial charge in [-0.05, 0) is 30.5 Å². The molecule has 0 N–H and O–H groups in total. The predicted molar refractivity (Wildman–Crippen MR) is 76.7 cm³/mol. The third-order valence-electron chi connectivity index (χ3n) is 3.34. The second-order valence-corrected chi connectivity index (χ2v) is 8.21. The lowest BCUT2D eigenvalue weighted by molar-refractivity contribution is 0.300. The molecule has 0 radical (unpaired) electrons. The van der Waals surface area contributed by atoms with Crippen LogP contribution in [0.4, 0.5) is 4.39 Å². The van der Waals surface area contributed by atoms with Gasteiger partial charge in [-0.2, -0.15) is 4.31 Å². The van der Waals surface area contributed by atoms with Crippen molar-refractivity contribution in [1.82, 2.24) is 4.31 Å². The number of halogens is 3. The van der Waals surface area contributed by atoms with Crippen molar-refractivity contribution in [3.8, 4) is 0 Å². The molecule has 0 aromatic heterocycles. The number of hydrogen-bond acceptors (Lipinski definition) is 2. The van der Waals surface area contributed by atoms with E-state index in [0.717, 1.165) is 18.6 Å². The van der Waals surface area contributed by atoms with E-state index in [0.29, 0.717) is 19.0 Å². The maximum absolute atomic E-state index is 13.2. The second kappa shape index (κ2) is 5.68. The Balaban J connectivity index is 2.35. The number of piperidine rings is 1. The fraction of sp³-hybridized carbons (Fsp3) is 0.500. The minimum atomic E-state index is -3.74. The first-order chi connectivity index (χ1) is 8.82. The molecule has 0 spiro atoms. The van der Waals surface area contributed by atoms with Crippen LogP contribution < -0.4 is 0 Å². The van der Waals surface area contributed by atoms with Crippen LogP contribution in [0.25, 0.3) is 0 Å². The lowest BCUT2D eigenvalue weighted by Gasteiger charge is -2.33. The van der Waals surface area contributed by atoms with E-state index in [-0.39, 0.29) is 14.7 Å². The third kappa shape index (κ3) is 3.12. The SMILES string of the molecule is CC1CCN(S(=O)(=O)c2cc(F)ccc2Cl)CC1Br. The highest BCUT2D eigenvalue weighted by atomic mass is 79.9. The van der Waals surface area contributed by atoms with Crippen LogP contribution in [0.2, 0.25) is 5.02 Å². The number of hydrogen-bond donors (Lipinski definition) is 0. The first-order valence-electron chi connectivity index (χ1n) is 5.91. The maximum Gasteiger partial charge on any atom is 0.244 e. The molecule has 3 nitrogen and oxygen atoms in total. The van der Waals surface area contributed by atoms with Crippen molar-refractivity contribution in [3.05, 3.63) is 29.0 Å². The molecule has 1 aromatic rings.